The van der Waals surface area contributed by atoms with E-state index in [0.29, 0.717) is 5.75 Å². The largest absolute Gasteiger partial charge is 0.480 e. The van der Waals surface area contributed by atoms with E-state index >= 15 is 0 Å². The second kappa shape index (κ2) is 6.28. The molecular weight excluding hydrogens is 330 g/mol. The molecule has 0 aromatic carbocycles. The number of aliphatic carboxylic acids is 1. The molecule has 108 valence electrons. The van der Waals surface area contributed by atoms with Crippen LogP contribution in [0.3, 0.4) is 0 Å². The SMILES string of the molecule is CCn1nc(C)c(Br)c1CSC(C)(C)[C@@H](N)C(=O)O. The van der Waals surface area contributed by atoms with Gasteiger partial charge >= 0.3 is 5.97 Å². The molecule has 19 heavy (non-hydrogen) atoms. The van der Waals surface area contributed by atoms with Crippen molar-refractivity contribution in [1.29, 1.82) is 0 Å². The van der Waals surface area contributed by atoms with Crippen molar-refractivity contribution in [2.24, 2.45) is 5.73 Å². The second-order valence-corrected chi connectivity index (χ2v) is 7.29. The van der Waals surface area contributed by atoms with Gasteiger partial charge in [0.2, 0.25) is 0 Å². The Morgan fingerprint density at radius 3 is 2.68 bits per heavy atom. The fraction of sp³-hybridized carbons (Fsp3) is 0.667. The molecular formula is C12H20BrN3O2S. The van der Waals surface area contributed by atoms with E-state index < -0.39 is 16.8 Å². The maximum Gasteiger partial charge on any atom is 0.321 e. The minimum atomic E-state index is -0.975. The average molecular weight is 350 g/mol. The molecule has 0 saturated carbocycles. The Hall–Kier alpha value is -0.530. The van der Waals surface area contributed by atoms with Crippen molar-refractivity contribution in [3.8, 4) is 0 Å². The van der Waals surface area contributed by atoms with Crippen LogP contribution in [0.5, 0.6) is 0 Å². The Bertz CT molecular complexity index is 474. The molecule has 0 aliphatic heterocycles. The molecule has 0 unspecified atom stereocenters. The molecule has 0 spiro atoms. The monoisotopic (exact) mass is 349 g/mol. The summed E-state index contributed by atoms with van der Waals surface area (Å²) in [6, 6.07) is -0.893. The van der Waals surface area contributed by atoms with Crippen molar-refractivity contribution in [3.63, 3.8) is 0 Å². The number of rotatable bonds is 6. The fourth-order valence-corrected chi connectivity index (χ4v) is 3.34. The van der Waals surface area contributed by atoms with Gasteiger partial charge in [-0.1, -0.05) is 0 Å². The predicted molar refractivity (Wildman–Crippen MR) is 81.3 cm³/mol. The van der Waals surface area contributed by atoms with Gasteiger partial charge in [0.1, 0.15) is 6.04 Å². The standard InChI is InChI=1S/C12H20BrN3O2S/c1-5-16-8(9(13)7(2)15-16)6-19-12(3,4)10(14)11(17)18/h10H,5-6,14H2,1-4H3,(H,17,18)/t10-/m0/s1. The van der Waals surface area contributed by atoms with Gasteiger partial charge in [-0.3, -0.25) is 9.48 Å². The summed E-state index contributed by atoms with van der Waals surface area (Å²) in [5.74, 6) is -0.305. The van der Waals surface area contributed by atoms with Gasteiger partial charge in [0.05, 0.1) is 15.9 Å². The van der Waals surface area contributed by atoms with Crippen LogP contribution in [-0.4, -0.2) is 31.6 Å². The van der Waals surface area contributed by atoms with Gasteiger partial charge in [-0.2, -0.15) is 5.10 Å². The Morgan fingerprint density at radius 2 is 2.21 bits per heavy atom. The number of aryl methyl sites for hydroxylation is 2. The summed E-state index contributed by atoms with van der Waals surface area (Å²) >= 11 is 5.06. The molecule has 0 bridgehead atoms. The third-order valence-corrected chi connectivity index (χ3v) is 5.50. The maximum atomic E-state index is 11.0. The van der Waals surface area contributed by atoms with Gasteiger partial charge in [-0.15, -0.1) is 11.8 Å². The van der Waals surface area contributed by atoms with Crippen LogP contribution >= 0.6 is 27.7 Å². The van der Waals surface area contributed by atoms with Crippen LogP contribution in [-0.2, 0) is 17.1 Å². The second-order valence-electron chi connectivity index (χ2n) is 4.87. The average Bonchev–Trinajstić information content (AvgIpc) is 2.61. The number of carboxylic acids is 1. The van der Waals surface area contributed by atoms with Gasteiger partial charge in [-0.05, 0) is 43.6 Å². The lowest BCUT2D eigenvalue weighted by Crippen LogP contribution is -2.46. The van der Waals surface area contributed by atoms with E-state index in [-0.39, 0.29) is 0 Å². The smallest absolute Gasteiger partial charge is 0.321 e. The number of nitrogens with two attached hydrogens (primary N) is 1. The van der Waals surface area contributed by atoms with Crippen LogP contribution in [0.4, 0.5) is 0 Å². The number of nitrogens with zero attached hydrogens (tertiary/aromatic N) is 2. The predicted octanol–water partition coefficient (Wildman–Crippen LogP) is 2.40. The maximum absolute atomic E-state index is 11.0. The van der Waals surface area contributed by atoms with E-state index in [1.165, 1.54) is 11.8 Å². The molecule has 1 atom stereocenters. The normalized spacial score (nSPS) is 13.6. The Balaban J connectivity index is 2.85. The number of hydrogen-bond acceptors (Lipinski definition) is 4. The lowest BCUT2D eigenvalue weighted by Gasteiger charge is -2.28. The van der Waals surface area contributed by atoms with Crippen molar-refractivity contribution >= 4 is 33.7 Å². The number of halogens is 1. The summed E-state index contributed by atoms with van der Waals surface area (Å²) in [6.45, 7) is 8.46. The number of carbonyl (C=O) groups is 1. The van der Waals surface area contributed by atoms with Gasteiger partial charge < -0.3 is 10.8 Å². The number of hydrogen-bond donors (Lipinski definition) is 2. The molecule has 0 aliphatic rings. The molecule has 0 saturated heterocycles. The van der Waals surface area contributed by atoms with Crippen molar-refractivity contribution in [1.82, 2.24) is 9.78 Å². The fourth-order valence-electron chi connectivity index (χ4n) is 1.65. The van der Waals surface area contributed by atoms with E-state index in [2.05, 4.69) is 21.0 Å². The minimum absolute atomic E-state index is 0.540. The number of carboxylic acid groups (broad SMARTS) is 1. The lowest BCUT2D eigenvalue weighted by molar-refractivity contribution is -0.139. The third-order valence-electron chi connectivity index (χ3n) is 3.05. The number of thioether (sulfide) groups is 1. The van der Waals surface area contributed by atoms with Crippen LogP contribution in [0.2, 0.25) is 0 Å². The Morgan fingerprint density at radius 1 is 1.63 bits per heavy atom. The zero-order valence-corrected chi connectivity index (χ0v) is 14.0. The van der Waals surface area contributed by atoms with Crippen LogP contribution in [0.25, 0.3) is 0 Å². The van der Waals surface area contributed by atoms with Gasteiger partial charge in [0.25, 0.3) is 0 Å². The molecule has 0 amide bonds. The van der Waals surface area contributed by atoms with E-state index in [9.17, 15) is 4.79 Å². The lowest BCUT2D eigenvalue weighted by atomic mass is 10.1. The third kappa shape index (κ3) is 3.73. The summed E-state index contributed by atoms with van der Waals surface area (Å²) in [5, 5.41) is 13.4. The molecule has 1 aromatic rings. The first kappa shape index (κ1) is 16.5. The molecule has 1 heterocycles. The van der Waals surface area contributed by atoms with Crippen molar-refractivity contribution in [3.05, 3.63) is 15.9 Å². The van der Waals surface area contributed by atoms with Gasteiger partial charge in [0.15, 0.2) is 0 Å². The molecule has 3 N–H and O–H groups in total. The van der Waals surface area contributed by atoms with Crippen LogP contribution in [0, 0.1) is 6.92 Å². The molecule has 0 aliphatic carbocycles. The molecule has 0 radical (unpaired) electrons. The van der Waals surface area contributed by atoms with Crippen LogP contribution in [0.1, 0.15) is 32.2 Å². The summed E-state index contributed by atoms with van der Waals surface area (Å²) in [5.41, 5.74) is 7.73. The first-order chi connectivity index (χ1) is 8.70. The summed E-state index contributed by atoms with van der Waals surface area (Å²) < 4.78 is 2.37. The van der Waals surface area contributed by atoms with E-state index in [4.69, 9.17) is 10.8 Å². The van der Waals surface area contributed by atoms with Gasteiger partial charge in [0, 0.05) is 17.0 Å². The first-order valence-corrected chi connectivity index (χ1v) is 7.82. The highest BCUT2D eigenvalue weighted by atomic mass is 79.9. The number of aromatic nitrogens is 2. The van der Waals surface area contributed by atoms with E-state index in [1.807, 2.05) is 32.4 Å². The molecule has 5 nitrogen and oxygen atoms in total. The van der Waals surface area contributed by atoms with E-state index in [0.717, 1.165) is 22.4 Å². The highest BCUT2D eigenvalue weighted by molar-refractivity contribution is 9.10. The molecule has 0 fully saturated rings. The summed E-state index contributed by atoms with van der Waals surface area (Å²) in [7, 11) is 0. The topological polar surface area (TPSA) is 81.1 Å². The quantitative estimate of drug-likeness (QED) is 0.823. The molecule has 1 aromatic heterocycles. The van der Waals surface area contributed by atoms with Crippen LogP contribution in [0.15, 0.2) is 4.47 Å². The highest BCUT2D eigenvalue weighted by Crippen LogP contribution is 2.33. The van der Waals surface area contributed by atoms with Gasteiger partial charge in [-0.25, -0.2) is 0 Å². The Kier molecular flexibility index (Phi) is 5.46. The summed E-state index contributed by atoms with van der Waals surface area (Å²) in [4.78, 5) is 11.0. The van der Waals surface area contributed by atoms with Crippen molar-refractivity contribution in [2.45, 2.75) is 50.8 Å². The zero-order chi connectivity index (χ0) is 14.8. The first-order valence-electron chi connectivity index (χ1n) is 6.04. The molecule has 1 rings (SSSR count). The Labute approximate surface area is 126 Å². The highest BCUT2D eigenvalue weighted by Gasteiger charge is 2.33. The summed E-state index contributed by atoms with van der Waals surface area (Å²) in [6.07, 6.45) is 0. The van der Waals surface area contributed by atoms with Crippen molar-refractivity contribution < 1.29 is 9.90 Å². The van der Waals surface area contributed by atoms with Crippen molar-refractivity contribution in [2.75, 3.05) is 0 Å². The molecule has 7 heteroatoms. The zero-order valence-electron chi connectivity index (χ0n) is 11.6. The minimum Gasteiger partial charge on any atom is -0.480 e. The van der Waals surface area contributed by atoms with Crippen LogP contribution < -0.4 is 5.73 Å². The van der Waals surface area contributed by atoms with E-state index in [1.54, 1.807) is 0 Å².